The van der Waals surface area contributed by atoms with Crippen molar-refractivity contribution < 1.29 is 10.2 Å². The number of anilines is 1. The van der Waals surface area contributed by atoms with E-state index in [1.54, 1.807) is 0 Å². The summed E-state index contributed by atoms with van der Waals surface area (Å²) in [6, 6.07) is 1.46. The van der Waals surface area contributed by atoms with E-state index in [1.165, 1.54) is 18.5 Å². The number of aromatic nitrogens is 1. The molecule has 1 rings (SSSR count). The van der Waals surface area contributed by atoms with Crippen molar-refractivity contribution in [2.24, 2.45) is 0 Å². The Balaban J connectivity index is 3.03. The number of aliphatic hydroxyl groups is 2. The Morgan fingerprint density at radius 2 is 2.20 bits per heavy atom. The average molecular weight is 140 g/mol. The molecular weight excluding hydrogens is 132 g/mol. The van der Waals surface area contributed by atoms with Gasteiger partial charge in [0, 0.05) is 11.8 Å². The van der Waals surface area contributed by atoms with Gasteiger partial charge in [-0.1, -0.05) is 0 Å². The molecule has 4 nitrogen and oxygen atoms in total. The minimum atomic E-state index is -1.51. The fourth-order valence-electron chi connectivity index (χ4n) is 0.653. The molecule has 1 aromatic heterocycles. The van der Waals surface area contributed by atoms with Crippen molar-refractivity contribution >= 4 is 5.69 Å². The van der Waals surface area contributed by atoms with Crippen LogP contribution in [0.15, 0.2) is 18.5 Å². The van der Waals surface area contributed by atoms with Gasteiger partial charge in [0.2, 0.25) is 0 Å². The van der Waals surface area contributed by atoms with E-state index in [1.807, 2.05) is 0 Å². The van der Waals surface area contributed by atoms with Crippen molar-refractivity contribution in [1.82, 2.24) is 4.98 Å². The van der Waals surface area contributed by atoms with Gasteiger partial charge in [-0.25, -0.2) is 0 Å². The Morgan fingerprint density at radius 3 is 2.60 bits per heavy atom. The molecule has 0 bridgehead atoms. The summed E-state index contributed by atoms with van der Waals surface area (Å²) in [6.07, 6.45) is 1.31. The molecule has 0 saturated carbocycles. The van der Waals surface area contributed by atoms with Crippen molar-refractivity contribution in [3.63, 3.8) is 0 Å². The lowest BCUT2D eigenvalue weighted by atomic mass is 10.2. The van der Waals surface area contributed by atoms with E-state index in [9.17, 15) is 0 Å². The average Bonchev–Trinajstić information content (AvgIpc) is 1.88. The topological polar surface area (TPSA) is 79.4 Å². The van der Waals surface area contributed by atoms with Gasteiger partial charge in [0.1, 0.15) is 0 Å². The van der Waals surface area contributed by atoms with Gasteiger partial charge >= 0.3 is 0 Å². The second-order valence-electron chi connectivity index (χ2n) is 1.88. The zero-order valence-electron chi connectivity index (χ0n) is 5.23. The maximum absolute atomic E-state index is 8.65. The van der Waals surface area contributed by atoms with Crippen LogP contribution >= 0.6 is 0 Å². The van der Waals surface area contributed by atoms with Gasteiger partial charge in [-0.2, -0.15) is 0 Å². The molecule has 4 N–H and O–H groups in total. The number of nitrogens with two attached hydrogens (primary N) is 1. The summed E-state index contributed by atoms with van der Waals surface area (Å²) in [7, 11) is 0. The van der Waals surface area contributed by atoms with Gasteiger partial charge in [0.05, 0.1) is 11.9 Å². The first-order chi connectivity index (χ1) is 4.72. The number of hydrogen-bond donors (Lipinski definition) is 3. The monoisotopic (exact) mass is 140 g/mol. The molecule has 0 aliphatic carbocycles. The van der Waals surface area contributed by atoms with Crippen LogP contribution in [-0.4, -0.2) is 15.2 Å². The lowest BCUT2D eigenvalue weighted by Gasteiger charge is -2.04. The second-order valence-corrected chi connectivity index (χ2v) is 1.88. The molecule has 4 heteroatoms. The van der Waals surface area contributed by atoms with Crippen LogP contribution < -0.4 is 5.73 Å². The van der Waals surface area contributed by atoms with Gasteiger partial charge in [0.25, 0.3) is 0 Å². The number of nitrogens with zero attached hydrogens (tertiary/aromatic N) is 1. The van der Waals surface area contributed by atoms with Crippen molar-refractivity contribution in [2.75, 3.05) is 5.73 Å². The molecule has 0 atom stereocenters. The first kappa shape index (κ1) is 6.98. The quantitative estimate of drug-likeness (QED) is 0.466. The molecule has 0 aliphatic heterocycles. The largest absolute Gasteiger partial charge is 0.397 e. The SMILES string of the molecule is Nc1cnccc1C(O)O. The smallest absolute Gasteiger partial charge is 0.180 e. The van der Waals surface area contributed by atoms with E-state index < -0.39 is 6.29 Å². The Bertz CT molecular complexity index is 225. The maximum Gasteiger partial charge on any atom is 0.180 e. The lowest BCUT2D eigenvalue weighted by molar-refractivity contribution is -0.0419. The van der Waals surface area contributed by atoms with Crippen LogP contribution in [0.5, 0.6) is 0 Å². The maximum atomic E-state index is 8.65. The Morgan fingerprint density at radius 1 is 1.50 bits per heavy atom. The molecule has 0 spiro atoms. The third-order valence-corrected chi connectivity index (χ3v) is 1.17. The zero-order chi connectivity index (χ0) is 7.56. The molecule has 1 heterocycles. The van der Waals surface area contributed by atoms with Crippen molar-refractivity contribution in [2.45, 2.75) is 6.29 Å². The lowest BCUT2D eigenvalue weighted by Crippen LogP contribution is -2.00. The highest BCUT2D eigenvalue weighted by Crippen LogP contribution is 2.15. The Hall–Kier alpha value is -1.13. The van der Waals surface area contributed by atoms with E-state index >= 15 is 0 Å². The highest BCUT2D eigenvalue weighted by molar-refractivity contribution is 5.44. The second kappa shape index (κ2) is 2.64. The highest BCUT2D eigenvalue weighted by Gasteiger charge is 2.04. The van der Waals surface area contributed by atoms with Crippen molar-refractivity contribution in [3.05, 3.63) is 24.0 Å². The molecule has 1 aromatic rings. The highest BCUT2D eigenvalue weighted by atomic mass is 16.5. The van der Waals surface area contributed by atoms with Gasteiger partial charge in [-0.3, -0.25) is 4.98 Å². The molecular formula is C6H8N2O2. The third-order valence-electron chi connectivity index (χ3n) is 1.17. The van der Waals surface area contributed by atoms with E-state index in [4.69, 9.17) is 15.9 Å². The van der Waals surface area contributed by atoms with Crippen LogP contribution in [0.2, 0.25) is 0 Å². The molecule has 0 aliphatic rings. The minimum absolute atomic E-state index is 0.287. The van der Waals surface area contributed by atoms with Crippen molar-refractivity contribution in [3.8, 4) is 0 Å². The first-order valence-corrected chi connectivity index (χ1v) is 2.77. The third kappa shape index (κ3) is 1.23. The Labute approximate surface area is 57.9 Å². The van der Waals surface area contributed by atoms with Crippen LogP contribution in [0, 0.1) is 0 Å². The van der Waals surface area contributed by atoms with Crippen LogP contribution in [0.3, 0.4) is 0 Å². The van der Waals surface area contributed by atoms with Crippen molar-refractivity contribution in [1.29, 1.82) is 0 Å². The fraction of sp³-hybridized carbons (Fsp3) is 0.167. The molecule has 0 aromatic carbocycles. The molecule has 0 fully saturated rings. The molecule has 0 saturated heterocycles. The number of rotatable bonds is 1. The normalized spacial score (nSPS) is 10.3. The first-order valence-electron chi connectivity index (χ1n) is 2.77. The van der Waals surface area contributed by atoms with Gasteiger partial charge in [-0.15, -0.1) is 0 Å². The number of nitrogen functional groups attached to an aromatic ring is 1. The molecule has 54 valence electrons. The van der Waals surface area contributed by atoms with Crippen LogP contribution in [0.1, 0.15) is 11.9 Å². The fourth-order valence-corrected chi connectivity index (χ4v) is 0.653. The van der Waals surface area contributed by atoms with Gasteiger partial charge in [0.15, 0.2) is 6.29 Å². The van der Waals surface area contributed by atoms with E-state index in [2.05, 4.69) is 4.98 Å². The zero-order valence-corrected chi connectivity index (χ0v) is 5.23. The minimum Gasteiger partial charge on any atom is -0.397 e. The van der Waals surface area contributed by atoms with Crippen LogP contribution in [-0.2, 0) is 0 Å². The molecule has 10 heavy (non-hydrogen) atoms. The summed E-state index contributed by atoms with van der Waals surface area (Å²) in [4.78, 5) is 3.68. The van der Waals surface area contributed by atoms with Gasteiger partial charge in [-0.05, 0) is 6.07 Å². The predicted molar refractivity (Wildman–Crippen MR) is 35.8 cm³/mol. The molecule has 0 amide bonds. The van der Waals surface area contributed by atoms with Crippen LogP contribution in [0.25, 0.3) is 0 Å². The predicted octanol–water partition coefficient (Wildman–Crippen LogP) is -0.353. The number of hydrogen-bond acceptors (Lipinski definition) is 4. The Kier molecular flexibility index (Phi) is 1.84. The summed E-state index contributed by atoms with van der Waals surface area (Å²) in [6.45, 7) is 0. The summed E-state index contributed by atoms with van der Waals surface area (Å²) in [5.41, 5.74) is 5.92. The van der Waals surface area contributed by atoms with E-state index in [-0.39, 0.29) is 11.3 Å². The van der Waals surface area contributed by atoms with E-state index in [0.29, 0.717) is 0 Å². The summed E-state index contributed by atoms with van der Waals surface area (Å²) in [5, 5.41) is 17.3. The standard InChI is InChI=1S/C6H8N2O2/c7-5-3-8-2-1-4(5)6(9)10/h1-3,6,9-10H,7H2. The van der Waals surface area contributed by atoms with Crippen LogP contribution in [0.4, 0.5) is 5.69 Å². The summed E-state index contributed by atoms with van der Waals surface area (Å²) < 4.78 is 0. The van der Waals surface area contributed by atoms with E-state index in [0.717, 1.165) is 0 Å². The number of pyridine rings is 1. The summed E-state index contributed by atoms with van der Waals surface area (Å²) >= 11 is 0. The van der Waals surface area contributed by atoms with Gasteiger partial charge < -0.3 is 15.9 Å². The molecule has 0 radical (unpaired) electrons. The number of aliphatic hydroxyl groups excluding tert-OH is 1. The summed E-state index contributed by atoms with van der Waals surface area (Å²) in [5.74, 6) is 0. The molecule has 0 unspecified atom stereocenters.